The Labute approximate surface area is 96.3 Å². The largest absolute Gasteiger partial charge is 0.396 e. The maximum atomic E-state index is 12.2. The van der Waals surface area contributed by atoms with Crippen molar-refractivity contribution in [1.29, 1.82) is 0 Å². The van der Waals surface area contributed by atoms with Gasteiger partial charge in [0.15, 0.2) is 5.78 Å². The molecule has 16 heavy (non-hydrogen) atoms. The minimum Gasteiger partial charge on any atom is -0.396 e. The van der Waals surface area contributed by atoms with Crippen LogP contribution in [0.2, 0.25) is 0 Å². The molecule has 1 N–H and O–H groups in total. The van der Waals surface area contributed by atoms with Crippen LogP contribution in [0.5, 0.6) is 0 Å². The van der Waals surface area contributed by atoms with Gasteiger partial charge in [-0.25, -0.2) is 0 Å². The number of hydrogen-bond donors (Lipinski definition) is 1. The number of Topliss-reactive ketones (excluding diaryl/α,β-unsaturated/α-hetero) is 1. The minimum atomic E-state index is 0.0624. The van der Waals surface area contributed by atoms with Gasteiger partial charge in [-0.1, -0.05) is 43.7 Å². The predicted octanol–water partition coefficient (Wildman–Crippen LogP) is 2.52. The van der Waals surface area contributed by atoms with Gasteiger partial charge in [0, 0.05) is 18.1 Å². The summed E-state index contributed by atoms with van der Waals surface area (Å²) >= 11 is 0. The zero-order valence-corrected chi connectivity index (χ0v) is 9.60. The summed E-state index contributed by atoms with van der Waals surface area (Å²) in [4.78, 5) is 12.2. The highest BCUT2D eigenvalue weighted by Crippen LogP contribution is 2.50. The third-order valence-corrected chi connectivity index (χ3v) is 3.53. The monoisotopic (exact) mass is 218 g/mol. The second kappa shape index (κ2) is 4.79. The molecule has 1 aliphatic rings. The van der Waals surface area contributed by atoms with E-state index in [2.05, 4.69) is 6.92 Å². The van der Waals surface area contributed by atoms with E-state index in [9.17, 15) is 9.90 Å². The molecule has 1 aliphatic carbocycles. The Morgan fingerprint density at radius 1 is 1.25 bits per heavy atom. The van der Waals surface area contributed by atoms with Crippen LogP contribution in [-0.2, 0) is 0 Å². The molecule has 1 saturated carbocycles. The second-order valence-corrected chi connectivity index (χ2v) is 4.56. The summed E-state index contributed by atoms with van der Waals surface area (Å²) < 4.78 is 0. The van der Waals surface area contributed by atoms with E-state index in [-0.39, 0.29) is 24.2 Å². The van der Waals surface area contributed by atoms with Gasteiger partial charge in [0.2, 0.25) is 0 Å². The fourth-order valence-corrected chi connectivity index (χ4v) is 2.60. The number of ketones is 1. The van der Waals surface area contributed by atoms with Gasteiger partial charge >= 0.3 is 0 Å². The van der Waals surface area contributed by atoms with Crippen LogP contribution in [0.1, 0.15) is 30.1 Å². The second-order valence-electron chi connectivity index (χ2n) is 4.56. The number of aliphatic hydroxyl groups is 1. The van der Waals surface area contributed by atoms with E-state index in [1.54, 1.807) is 0 Å². The molecule has 1 aromatic rings. The van der Waals surface area contributed by atoms with Crippen LogP contribution in [-0.4, -0.2) is 17.5 Å². The maximum Gasteiger partial charge on any atom is 0.166 e. The third-order valence-electron chi connectivity index (χ3n) is 3.53. The van der Waals surface area contributed by atoms with Gasteiger partial charge in [-0.05, 0) is 18.3 Å². The molecule has 86 valence electrons. The lowest BCUT2D eigenvalue weighted by molar-refractivity contribution is 0.0949. The number of aliphatic hydroxyl groups excluding tert-OH is 1. The number of carbonyl (C=O) groups is 1. The van der Waals surface area contributed by atoms with Crippen molar-refractivity contribution < 1.29 is 9.90 Å². The van der Waals surface area contributed by atoms with E-state index in [0.29, 0.717) is 5.92 Å². The number of carbonyl (C=O) groups excluding carboxylic acids is 1. The maximum absolute atomic E-state index is 12.2. The molecule has 1 fully saturated rings. The smallest absolute Gasteiger partial charge is 0.166 e. The van der Waals surface area contributed by atoms with Gasteiger partial charge in [0.25, 0.3) is 0 Å². The number of rotatable bonds is 5. The van der Waals surface area contributed by atoms with Crippen molar-refractivity contribution in [3.63, 3.8) is 0 Å². The van der Waals surface area contributed by atoms with Crippen LogP contribution in [0.4, 0.5) is 0 Å². The van der Waals surface area contributed by atoms with E-state index in [1.165, 1.54) is 0 Å². The molecule has 0 spiro atoms. The van der Waals surface area contributed by atoms with Crippen LogP contribution in [0.25, 0.3) is 0 Å². The number of benzene rings is 1. The SMILES string of the molecule is CCC[C@H]1[C@@H](CO)[C@H]1C(=O)c1ccccc1. The van der Waals surface area contributed by atoms with Crippen LogP contribution < -0.4 is 0 Å². The fourth-order valence-electron chi connectivity index (χ4n) is 2.60. The molecule has 0 saturated heterocycles. The van der Waals surface area contributed by atoms with E-state index in [0.717, 1.165) is 18.4 Å². The lowest BCUT2D eigenvalue weighted by Crippen LogP contribution is -2.05. The topological polar surface area (TPSA) is 37.3 Å². The van der Waals surface area contributed by atoms with Crippen LogP contribution >= 0.6 is 0 Å². The molecule has 0 amide bonds. The lowest BCUT2D eigenvalue weighted by Gasteiger charge is -1.99. The highest BCUT2D eigenvalue weighted by Gasteiger charge is 2.52. The van der Waals surface area contributed by atoms with Gasteiger partial charge in [-0.2, -0.15) is 0 Å². The minimum absolute atomic E-state index is 0.0624. The first-order chi connectivity index (χ1) is 7.79. The van der Waals surface area contributed by atoms with Gasteiger partial charge in [0.05, 0.1) is 0 Å². The molecule has 0 aliphatic heterocycles. The standard InChI is InChI=1S/C14H18O2/c1-2-6-11-12(9-15)13(11)14(16)10-7-4-3-5-8-10/h3-5,7-8,11-13,15H,2,6,9H2,1H3/t11-,12+,13-/m0/s1. The van der Waals surface area contributed by atoms with Gasteiger partial charge < -0.3 is 5.11 Å². The Bertz CT molecular complexity index is 358. The summed E-state index contributed by atoms with van der Waals surface area (Å²) in [5.74, 6) is 0.876. The lowest BCUT2D eigenvalue weighted by atomic mass is 10.0. The molecule has 2 rings (SSSR count). The molecule has 3 atom stereocenters. The summed E-state index contributed by atoms with van der Waals surface area (Å²) in [7, 11) is 0. The van der Waals surface area contributed by atoms with Gasteiger partial charge in [-0.3, -0.25) is 4.79 Å². The van der Waals surface area contributed by atoms with Crippen LogP contribution in [0.3, 0.4) is 0 Å². The zero-order chi connectivity index (χ0) is 11.5. The Balaban J connectivity index is 2.06. The molecular weight excluding hydrogens is 200 g/mol. The van der Waals surface area contributed by atoms with Crippen molar-refractivity contribution in [2.24, 2.45) is 17.8 Å². The molecule has 2 heteroatoms. The van der Waals surface area contributed by atoms with Crippen molar-refractivity contribution in [3.05, 3.63) is 35.9 Å². The summed E-state index contributed by atoms with van der Waals surface area (Å²) in [6.45, 7) is 2.27. The molecule has 1 aromatic carbocycles. The van der Waals surface area contributed by atoms with Gasteiger partial charge in [0.1, 0.15) is 0 Å². The first-order valence-electron chi connectivity index (χ1n) is 5.99. The quantitative estimate of drug-likeness (QED) is 0.771. The molecule has 0 unspecified atom stereocenters. The fraction of sp³-hybridized carbons (Fsp3) is 0.500. The molecular formula is C14H18O2. The van der Waals surface area contributed by atoms with Crippen molar-refractivity contribution in [1.82, 2.24) is 0 Å². The summed E-state index contributed by atoms with van der Waals surface area (Å²) in [6, 6.07) is 9.41. The molecule has 0 bridgehead atoms. The highest BCUT2D eigenvalue weighted by atomic mass is 16.3. The van der Waals surface area contributed by atoms with E-state index in [4.69, 9.17) is 0 Å². The van der Waals surface area contributed by atoms with Crippen molar-refractivity contribution in [3.8, 4) is 0 Å². The summed E-state index contributed by atoms with van der Waals surface area (Å²) in [5, 5.41) is 9.22. The Morgan fingerprint density at radius 3 is 2.50 bits per heavy atom. The third kappa shape index (κ3) is 2.03. The summed E-state index contributed by atoms with van der Waals surface area (Å²) in [6.07, 6.45) is 2.13. The highest BCUT2D eigenvalue weighted by molar-refractivity contribution is 6.00. The van der Waals surface area contributed by atoms with E-state index >= 15 is 0 Å². The normalized spacial score (nSPS) is 27.8. The van der Waals surface area contributed by atoms with Crippen molar-refractivity contribution in [2.45, 2.75) is 19.8 Å². The molecule has 0 radical (unpaired) electrons. The average Bonchev–Trinajstić information content (AvgIpc) is 3.03. The molecule has 0 heterocycles. The molecule has 0 aromatic heterocycles. The Hall–Kier alpha value is -1.15. The first kappa shape index (κ1) is 11.3. The first-order valence-corrected chi connectivity index (χ1v) is 5.99. The predicted molar refractivity (Wildman–Crippen MR) is 63.2 cm³/mol. The Kier molecular flexibility index (Phi) is 3.39. The van der Waals surface area contributed by atoms with Gasteiger partial charge in [-0.15, -0.1) is 0 Å². The van der Waals surface area contributed by atoms with E-state index in [1.807, 2.05) is 30.3 Å². The summed E-state index contributed by atoms with van der Waals surface area (Å²) in [5.41, 5.74) is 0.782. The average molecular weight is 218 g/mol. The number of hydrogen-bond acceptors (Lipinski definition) is 2. The van der Waals surface area contributed by atoms with Crippen LogP contribution in [0, 0.1) is 17.8 Å². The Morgan fingerprint density at radius 2 is 1.94 bits per heavy atom. The van der Waals surface area contributed by atoms with E-state index < -0.39 is 0 Å². The van der Waals surface area contributed by atoms with Crippen LogP contribution in [0.15, 0.2) is 30.3 Å². The molecule has 2 nitrogen and oxygen atoms in total. The van der Waals surface area contributed by atoms with Crippen molar-refractivity contribution >= 4 is 5.78 Å². The van der Waals surface area contributed by atoms with Crippen molar-refractivity contribution in [2.75, 3.05) is 6.61 Å². The zero-order valence-electron chi connectivity index (χ0n) is 9.60.